The molecule has 0 aliphatic carbocycles. The summed E-state index contributed by atoms with van der Waals surface area (Å²) in [6, 6.07) is 5.89. The second-order valence-electron chi connectivity index (χ2n) is 5.90. The van der Waals surface area contributed by atoms with Gasteiger partial charge in [-0.2, -0.15) is 5.10 Å². The van der Waals surface area contributed by atoms with Crippen LogP contribution in [0.15, 0.2) is 29.2 Å². The lowest BCUT2D eigenvalue weighted by atomic mass is 10.0. The maximum absolute atomic E-state index is 11.5. The minimum Gasteiger partial charge on any atom is -0.380 e. The van der Waals surface area contributed by atoms with E-state index < -0.39 is 0 Å². The Labute approximate surface area is 154 Å². The van der Waals surface area contributed by atoms with Crippen LogP contribution in [0.1, 0.15) is 18.4 Å². The van der Waals surface area contributed by atoms with Gasteiger partial charge in [0.05, 0.1) is 11.9 Å². The van der Waals surface area contributed by atoms with E-state index >= 15 is 0 Å². The molecule has 2 heterocycles. The van der Waals surface area contributed by atoms with Crippen LogP contribution in [0, 0.1) is 0 Å². The highest BCUT2D eigenvalue weighted by atomic mass is 35.5. The number of aromatic nitrogens is 2. The van der Waals surface area contributed by atoms with Crippen LogP contribution in [-0.4, -0.2) is 34.2 Å². The maximum Gasteiger partial charge on any atom is 0.285 e. The molecule has 2 N–H and O–H groups in total. The smallest absolute Gasteiger partial charge is 0.285 e. The van der Waals surface area contributed by atoms with Crippen LogP contribution in [0.2, 0.25) is 15.1 Å². The van der Waals surface area contributed by atoms with Crippen molar-refractivity contribution >= 4 is 40.5 Å². The zero-order valence-electron chi connectivity index (χ0n) is 12.9. The van der Waals surface area contributed by atoms with Gasteiger partial charge >= 0.3 is 0 Å². The predicted octanol–water partition coefficient (Wildman–Crippen LogP) is 3.81. The van der Waals surface area contributed by atoms with Crippen molar-refractivity contribution in [3.05, 3.63) is 55.4 Å². The molecule has 1 saturated heterocycles. The second kappa shape index (κ2) is 7.74. The first-order valence-corrected chi connectivity index (χ1v) is 8.81. The number of nitrogens with zero attached hydrogens (tertiary/aromatic N) is 2. The molecule has 0 amide bonds. The molecule has 1 aliphatic heterocycles. The van der Waals surface area contributed by atoms with E-state index in [0.29, 0.717) is 15.7 Å². The Morgan fingerprint density at radius 2 is 1.83 bits per heavy atom. The quantitative estimate of drug-likeness (QED) is 0.837. The topological polar surface area (TPSA) is 61.0 Å². The molecule has 1 aromatic carbocycles. The Morgan fingerprint density at radius 3 is 2.50 bits per heavy atom. The van der Waals surface area contributed by atoms with E-state index in [0.717, 1.165) is 38.0 Å². The Bertz CT molecular complexity index is 752. The minimum absolute atomic E-state index is 0.154. The van der Waals surface area contributed by atoms with E-state index in [-0.39, 0.29) is 16.6 Å². The largest absolute Gasteiger partial charge is 0.380 e. The number of H-pyrrole nitrogens is 1. The van der Waals surface area contributed by atoms with E-state index in [1.807, 2.05) is 12.1 Å². The zero-order valence-corrected chi connectivity index (χ0v) is 15.1. The summed E-state index contributed by atoms with van der Waals surface area (Å²) in [4.78, 5) is 13.8. The van der Waals surface area contributed by atoms with Crippen LogP contribution < -0.4 is 10.9 Å². The fraction of sp³-hybridized carbons (Fsp3) is 0.375. The third-order valence-corrected chi connectivity index (χ3v) is 4.88. The molecule has 0 spiro atoms. The van der Waals surface area contributed by atoms with Crippen LogP contribution in [0.25, 0.3) is 0 Å². The fourth-order valence-electron chi connectivity index (χ4n) is 2.90. The molecule has 0 bridgehead atoms. The molecular formula is C16H17Cl3N4O. The zero-order chi connectivity index (χ0) is 17.1. The summed E-state index contributed by atoms with van der Waals surface area (Å²) in [6.45, 7) is 2.70. The Kier molecular flexibility index (Phi) is 5.66. The molecule has 128 valence electrons. The van der Waals surface area contributed by atoms with Crippen LogP contribution in [0.4, 0.5) is 5.69 Å². The molecule has 8 heteroatoms. The molecule has 0 saturated carbocycles. The summed E-state index contributed by atoms with van der Waals surface area (Å²) in [5.74, 6) is 0. The third-order valence-electron chi connectivity index (χ3n) is 4.07. The van der Waals surface area contributed by atoms with E-state index in [4.69, 9.17) is 34.8 Å². The molecule has 1 aliphatic rings. The Hall–Kier alpha value is -1.27. The van der Waals surface area contributed by atoms with Gasteiger partial charge in [-0.05, 0) is 36.6 Å². The monoisotopic (exact) mass is 386 g/mol. The standard InChI is InChI=1S/C16H17Cl3N4O/c17-11-5-10(6-12(18)7-11)9-23-3-1-13(2-4-23)21-14-8-20-22-16(24)15(14)19/h5-8,13H,1-4,9H2,(H2,21,22,24). The fourth-order valence-corrected chi connectivity index (χ4v) is 3.62. The Balaban J connectivity index is 1.56. The minimum atomic E-state index is -0.378. The number of likely N-dealkylation sites (tertiary alicyclic amines) is 1. The molecule has 2 aromatic rings. The lowest BCUT2D eigenvalue weighted by Gasteiger charge is -2.33. The Morgan fingerprint density at radius 1 is 1.17 bits per heavy atom. The number of aromatic amines is 1. The first kappa shape index (κ1) is 17.5. The lowest BCUT2D eigenvalue weighted by molar-refractivity contribution is 0.211. The number of benzene rings is 1. The average molecular weight is 388 g/mol. The van der Waals surface area contributed by atoms with Gasteiger partial charge in [-0.25, -0.2) is 5.10 Å². The highest BCUT2D eigenvalue weighted by Gasteiger charge is 2.20. The highest BCUT2D eigenvalue weighted by Crippen LogP contribution is 2.23. The molecule has 0 unspecified atom stereocenters. The molecule has 0 atom stereocenters. The van der Waals surface area contributed by atoms with Gasteiger partial charge in [0, 0.05) is 35.7 Å². The first-order valence-electron chi connectivity index (χ1n) is 7.68. The van der Waals surface area contributed by atoms with Crippen LogP contribution in [-0.2, 0) is 6.54 Å². The van der Waals surface area contributed by atoms with Crippen molar-refractivity contribution in [2.24, 2.45) is 0 Å². The summed E-state index contributed by atoms with van der Waals surface area (Å²) >= 11 is 18.1. The molecule has 24 heavy (non-hydrogen) atoms. The molecule has 1 aromatic heterocycles. The van der Waals surface area contributed by atoms with Gasteiger partial charge in [0.2, 0.25) is 0 Å². The van der Waals surface area contributed by atoms with Crippen molar-refractivity contribution < 1.29 is 0 Å². The van der Waals surface area contributed by atoms with Gasteiger partial charge in [0.25, 0.3) is 5.56 Å². The molecule has 1 fully saturated rings. The number of anilines is 1. The lowest BCUT2D eigenvalue weighted by Crippen LogP contribution is -2.38. The normalized spacial score (nSPS) is 16.3. The second-order valence-corrected chi connectivity index (χ2v) is 7.15. The van der Waals surface area contributed by atoms with Crippen molar-refractivity contribution in [3.63, 3.8) is 0 Å². The number of hydrogen-bond acceptors (Lipinski definition) is 4. The number of nitrogens with one attached hydrogen (secondary N) is 2. The molecule has 5 nitrogen and oxygen atoms in total. The van der Waals surface area contributed by atoms with Crippen molar-refractivity contribution in [1.29, 1.82) is 0 Å². The van der Waals surface area contributed by atoms with Gasteiger partial charge in [-0.1, -0.05) is 34.8 Å². The summed E-state index contributed by atoms with van der Waals surface area (Å²) in [6.07, 6.45) is 3.46. The van der Waals surface area contributed by atoms with Gasteiger partial charge in [0.1, 0.15) is 5.02 Å². The number of piperidine rings is 1. The van der Waals surface area contributed by atoms with Crippen molar-refractivity contribution in [2.75, 3.05) is 18.4 Å². The van der Waals surface area contributed by atoms with Gasteiger partial charge in [-0.3, -0.25) is 9.69 Å². The van der Waals surface area contributed by atoms with E-state index in [1.165, 1.54) is 0 Å². The maximum atomic E-state index is 11.5. The number of halogens is 3. The SMILES string of the molecule is O=c1[nH]ncc(NC2CCN(Cc3cc(Cl)cc(Cl)c3)CC2)c1Cl. The van der Waals surface area contributed by atoms with Gasteiger partial charge < -0.3 is 5.32 Å². The predicted molar refractivity (Wildman–Crippen MR) is 98.3 cm³/mol. The van der Waals surface area contributed by atoms with Crippen LogP contribution >= 0.6 is 34.8 Å². The van der Waals surface area contributed by atoms with Crippen molar-refractivity contribution in [1.82, 2.24) is 15.1 Å². The molecule has 3 rings (SSSR count). The van der Waals surface area contributed by atoms with E-state index in [9.17, 15) is 4.79 Å². The molecular weight excluding hydrogens is 371 g/mol. The van der Waals surface area contributed by atoms with E-state index in [1.54, 1.807) is 12.3 Å². The van der Waals surface area contributed by atoms with Crippen molar-refractivity contribution in [2.45, 2.75) is 25.4 Å². The van der Waals surface area contributed by atoms with Gasteiger partial charge in [-0.15, -0.1) is 0 Å². The van der Waals surface area contributed by atoms with Crippen LogP contribution in [0.3, 0.4) is 0 Å². The number of hydrogen-bond donors (Lipinski definition) is 2. The summed E-state index contributed by atoms with van der Waals surface area (Å²) in [5, 5.41) is 10.9. The highest BCUT2D eigenvalue weighted by molar-refractivity contribution is 6.34. The van der Waals surface area contributed by atoms with Crippen LogP contribution in [0.5, 0.6) is 0 Å². The summed E-state index contributed by atoms with van der Waals surface area (Å²) in [5.41, 5.74) is 1.32. The average Bonchev–Trinajstić information content (AvgIpc) is 2.53. The van der Waals surface area contributed by atoms with Gasteiger partial charge in [0.15, 0.2) is 0 Å². The van der Waals surface area contributed by atoms with Crippen molar-refractivity contribution in [3.8, 4) is 0 Å². The molecule has 0 radical (unpaired) electrons. The van der Waals surface area contributed by atoms with E-state index in [2.05, 4.69) is 20.4 Å². The summed E-state index contributed by atoms with van der Waals surface area (Å²) in [7, 11) is 0. The number of rotatable bonds is 4. The first-order chi connectivity index (χ1) is 11.5. The summed E-state index contributed by atoms with van der Waals surface area (Å²) < 4.78 is 0. The third kappa shape index (κ3) is 4.42.